The van der Waals surface area contributed by atoms with Crippen LogP contribution in [0.4, 0.5) is 18.9 Å². The summed E-state index contributed by atoms with van der Waals surface area (Å²) in [6.07, 6.45) is -2.40. The summed E-state index contributed by atoms with van der Waals surface area (Å²) in [4.78, 5) is 28.0. The zero-order valence-electron chi connectivity index (χ0n) is 16.5. The molecule has 0 unspecified atom stereocenters. The first-order valence-corrected chi connectivity index (χ1v) is 11.0. The van der Waals surface area contributed by atoms with Crippen LogP contribution < -0.4 is 15.7 Å². The molecule has 1 aliphatic carbocycles. The molecule has 1 fully saturated rings. The van der Waals surface area contributed by atoms with Crippen LogP contribution >= 0.6 is 27.5 Å². The van der Waals surface area contributed by atoms with Crippen molar-refractivity contribution in [2.45, 2.75) is 38.1 Å². The van der Waals surface area contributed by atoms with Crippen LogP contribution in [-0.4, -0.2) is 21.8 Å². The second-order valence-corrected chi connectivity index (χ2v) is 8.88. The molecule has 0 atom stereocenters. The Labute approximate surface area is 193 Å². The van der Waals surface area contributed by atoms with Crippen LogP contribution in [0, 0.1) is 5.92 Å². The maximum absolute atomic E-state index is 12.7. The topological polar surface area (TPSA) is 76.1 Å². The second kappa shape index (κ2) is 8.82. The Morgan fingerprint density at radius 2 is 1.91 bits per heavy atom. The molecule has 0 bridgehead atoms. The quantitative estimate of drug-likeness (QED) is 0.432. The lowest BCUT2D eigenvalue weighted by Gasteiger charge is -2.28. The number of imidazole rings is 1. The van der Waals surface area contributed by atoms with Gasteiger partial charge in [0.25, 0.3) is 0 Å². The number of ether oxygens (including phenoxy) is 1. The van der Waals surface area contributed by atoms with Crippen molar-refractivity contribution in [1.29, 1.82) is 0 Å². The fraction of sp³-hybridized carbons (Fsp3) is 0.333. The van der Waals surface area contributed by atoms with Crippen LogP contribution in [0.15, 0.2) is 45.7 Å². The van der Waals surface area contributed by atoms with Gasteiger partial charge < -0.3 is 15.0 Å². The summed E-state index contributed by atoms with van der Waals surface area (Å²) in [5.41, 5.74) is 1.66. The van der Waals surface area contributed by atoms with Crippen LogP contribution in [0.3, 0.4) is 0 Å². The highest BCUT2D eigenvalue weighted by molar-refractivity contribution is 9.10. The highest BCUT2D eigenvalue weighted by atomic mass is 79.9. The molecule has 6 nitrogen and oxygen atoms in total. The molecule has 2 aromatic carbocycles. The number of nitrogens with one attached hydrogen (secondary N) is 2. The molecule has 1 aromatic heterocycles. The predicted octanol–water partition coefficient (Wildman–Crippen LogP) is 6.01. The Hall–Kier alpha value is -2.46. The van der Waals surface area contributed by atoms with E-state index >= 15 is 0 Å². The van der Waals surface area contributed by atoms with E-state index in [0.29, 0.717) is 25.7 Å². The molecular weight excluding hydrogens is 515 g/mol. The van der Waals surface area contributed by atoms with Crippen LogP contribution in [0.5, 0.6) is 5.75 Å². The van der Waals surface area contributed by atoms with E-state index in [4.69, 9.17) is 11.6 Å². The number of fused-ring (bicyclic) bond motifs is 1. The minimum Gasteiger partial charge on any atom is -0.404 e. The SMILES string of the molecule is O=c1[nH]c2c(Br)cccc2n1[C@H]1CC[C@@H](C(=O)Nc2ccc(OC(F)(F)F)c(Cl)c2)CC1. The Morgan fingerprint density at radius 3 is 2.56 bits per heavy atom. The van der Waals surface area contributed by atoms with Crippen LogP contribution in [0.1, 0.15) is 31.7 Å². The van der Waals surface area contributed by atoms with Gasteiger partial charge in [-0.1, -0.05) is 17.7 Å². The fourth-order valence-electron chi connectivity index (χ4n) is 4.10. The third-order valence-corrected chi connectivity index (χ3v) is 6.52. The summed E-state index contributed by atoms with van der Waals surface area (Å²) < 4.78 is 43.5. The first-order chi connectivity index (χ1) is 15.1. The zero-order chi connectivity index (χ0) is 23.0. The van der Waals surface area contributed by atoms with Crippen LogP contribution in [0.2, 0.25) is 5.02 Å². The van der Waals surface area contributed by atoms with E-state index in [1.165, 1.54) is 12.1 Å². The molecule has 1 aliphatic rings. The fourth-order valence-corrected chi connectivity index (χ4v) is 4.78. The number of para-hydroxylation sites is 1. The number of amides is 1. The van der Waals surface area contributed by atoms with Gasteiger partial charge in [-0.05, 0) is 71.9 Å². The number of hydrogen-bond acceptors (Lipinski definition) is 3. The first kappa shape index (κ1) is 22.7. The van der Waals surface area contributed by atoms with E-state index in [2.05, 4.69) is 31.0 Å². The Kier molecular flexibility index (Phi) is 6.26. The van der Waals surface area contributed by atoms with Gasteiger partial charge in [0.15, 0.2) is 0 Å². The van der Waals surface area contributed by atoms with E-state index in [9.17, 15) is 22.8 Å². The van der Waals surface area contributed by atoms with Crippen molar-refractivity contribution in [1.82, 2.24) is 9.55 Å². The number of H-pyrrole nitrogens is 1. The maximum atomic E-state index is 12.7. The number of halogens is 5. The lowest BCUT2D eigenvalue weighted by atomic mass is 9.85. The van der Waals surface area contributed by atoms with Crippen molar-refractivity contribution in [3.63, 3.8) is 0 Å². The van der Waals surface area contributed by atoms with Crippen molar-refractivity contribution in [2.75, 3.05) is 5.32 Å². The van der Waals surface area contributed by atoms with Crippen molar-refractivity contribution < 1.29 is 22.7 Å². The number of aromatic amines is 1. The molecule has 1 amide bonds. The van der Waals surface area contributed by atoms with Gasteiger partial charge in [-0.25, -0.2) is 4.79 Å². The minimum atomic E-state index is -4.85. The Bertz CT molecular complexity index is 1220. The van der Waals surface area contributed by atoms with Crippen LogP contribution in [-0.2, 0) is 4.79 Å². The number of alkyl halides is 3. The molecule has 2 N–H and O–H groups in total. The number of carbonyl (C=O) groups is 1. The van der Waals surface area contributed by atoms with E-state index in [0.717, 1.165) is 21.6 Å². The number of carbonyl (C=O) groups excluding carboxylic acids is 1. The number of benzene rings is 2. The van der Waals surface area contributed by atoms with E-state index < -0.39 is 12.1 Å². The van der Waals surface area contributed by atoms with Gasteiger partial charge in [0.1, 0.15) is 5.75 Å². The third-order valence-electron chi connectivity index (χ3n) is 5.56. The number of rotatable bonds is 4. The van der Waals surface area contributed by atoms with E-state index in [1.807, 2.05) is 18.2 Å². The molecule has 0 radical (unpaired) electrons. The second-order valence-electron chi connectivity index (χ2n) is 7.62. The molecule has 1 saturated carbocycles. The highest BCUT2D eigenvalue weighted by Gasteiger charge is 2.32. The lowest BCUT2D eigenvalue weighted by molar-refractivity contribution is -0.274. The summed E-state index contributed by atoms with van der Waals surface area (Å²) in [5.74, 6) is -1.05. The van der Waals surface area contributed by atoms with Gasteiger partial charge in [-0.3, -0.25) is 9.36 Å². The Balaban J connectivity index is 1.40. The summed E-state index contributed by atoms with van der Waals surface area (Å²) in [6.45, 7) is 0. The largest absolute Gasteiger partial charge is 0.573 e. The monoisotopic (exact) mass is 531 g/mol. The smallest absolute Gasteiger partial charge is 0.404 e. The average Bonchev–Trinajstić information content (AvgIpc) is 3.06. The van der Waals surface area contributed by atoms with Gasteiger partial charge in [0.2, 0.25) is 5.91 Å². The summed E-state index contributed by atoms with van der Waals surface area (Å²) in [5, 5.41) is 2.44. The third kappa shape index (κ3) is 4.80. The number of aromatic nitrogens is 2. The van der Waals surface area contributed by atoms with E-state index in [-0.39, 0.29) is 34.3 Å². The molecule has 0 aliphatic heterocycles. The molecule has 4 rings (SSSR count). The zero-order valence-corrected chi connectivity index (χ0v) is 18.9. The van der Waals surface area contributed by atoms with Crippen LogP contribution in [0.25, 0.3) is 11.0 Å². The normalized spacial score (nSPS) is 19.2. The number of anilines is 1. The summed E-state index contributed by atoms with van der Waals surface area (Å²) >= 11 is 9.28. The average molecular weight is 533 g/mol. The van der Waals surface area contributed by atoms with Gasteiger partial charge in [-0.2, -0.15) is 0 Å². The molecule has 1 heterocycles. The van der Waals surface area contributed by atoms with Gasteiger partial charge in [-0.15, -0.1) is 13.2 Å². The standard InChI is InChI=1S/C21H18BrClF3N3O3/c22-14-2-1-3-16-18(14)28-20(31)29(16)13-7-4-11(5-8-13)19(30)27-12-6-9-17(15(23)10-12)32-21(24,25)26/h1-3,6,9-11,13H,4-5,7-8H2,(H,27,30)(H,28,31)/t11-,13+. The molecule has 0 saturated heterocycles. The predicted molar refractivity (Wildman–Crippen MR) is 118 cm³/mol. The van der Waals surface area contributed by atoms with Gasteiger partial charge in [0, 0.05) is 22.1 Å². The maximum Gasteiger partial charge on any atom is 0.573 e. The summed E-state index contributed by atoms with van der Waals surface area (Å²) in [7, 11) is 0. The molecule has 11 heteroatoms. The first-order valence-electron chi connectivity index (χ1n) is 9.87. The number of nitrogens with zero attached hydrogens (tertiary/aromatic N) is 1. The minimum absolute atomic E-state index is 0.0251. The molecular formula is C21H18BrClF3N3O3. The van der Waals surface area contributed by atoms with Crippen molar-refractivity contribution >= 4 is 50.2 Å². The lowest BCUT2D eigenvalue weighted by Crippen LogP contribution is -2.31. The number of hydrogen-bond donors (Lipinski definition) is 2. The van der Waals surface area contributed by atoms with E-state index in [1.54, 1.807) is 4.57 Å². The van der Waals surface area contributed by atoms with Crippen molar-refractivity contribution in [2.24, 2.45) is 5.92 Å². The molecule has 0 spiro atoms. The highest BCUT2D eigenvalue weighted by Crippen LogP contribution is 2.36. The molecule has 3 aromatic rings. The molecule has 32 heavy (non-hydrogen) atoms. The van der Waals surface area contributed by atoms with Gasteiger partial charge >= 0.3 is 12.1 Å². The van der Waals surface area contributed by atoms with Crippen molar-refractivity contribution in [3.05, 3.63) is 56.4 Å². The Morgan fingerprint density at radius 1 is 1.19 bits per heavy atom. The van der Waals surface area contributed by atoms with Crippen molar-refractivity contribution in [3.8, 4) is 5.75 Å². The molecule has 170 valence electrons. The van der Waals surface area contributed by atoms with Gasteiger partial charge in [0.05, 0.1) is 16.1 Å². The summed E-state index contributed by atoms with van der Waals surface area (Å²) in [6, 6.07) is 9.16.